The molecule has 0 saturated carbocycles. The molecule has 1 aromatic carbocycles. The number of nitrogens with one attached hydrogen (secondary N) is 1. The molecule has 3 heteroatoms. The van der Waals surface area contributed by atoms with E-state index in [1.54, 1.807) is 25.2 Å². The Balaban J connectivity index is 2.59. The molecule has 1 aromatic rings. The zero-order chi connectivity index (χ0) is 22.1. The standard InChI is InChI=1S/C27H32N2O/c1-7-11-14-22(13-9-3)23-16-17-27-25(19-23)26(18-20(5)29(27)21(6)30)28-24(10-4)15-12-8-2/h7-17,19-20,26,28H,1-3,18H2,4-6H3/b14-11-,15-12-,22-13+,24-10+. The van der Waals surface area contributed by atoms with Gasteiger partial charge in [0, 0.05) is 24.4 Å². The second-order valence-electron chi connectivity index (χ2n) is 7.24. The summed E-state index contributed by atoms with van der Waals surface area (Å²) in [6, 6.07) is 6.45. The Morgan fingerprint density at radius 3 is 2.43 bits per heavy atom. The topological polar surface area (TPSA) is 32.3 Å². The molecule has 1 amide bonds. The van der Waals surface area contributed by atoms with Gasteiger partial charge in [0.15, 0.2) is 0 Å². The molecule has 2 unspecified atom stereocenters. The molecular formula is C27H32N2O. The van der Waals surface area contributed by atoms with Gasteiger partial charge in [0.2, 0.25) is 5.91 Å². The summed E-state index contributed by atoms with van der Waals surface area (Å²) in [6.07, 6.45) is 18.0. The minimum absolute atomic E-state index is 0.0566. The van der Waals surface area contributed by atoms with Gasteiger partial charge in [-0.05, 0) is 55.2 Å². The van der Waals surface area contributed by atoms with Gasteiger partial charge < -0.3 is 10.2 Å². The van der Waals surface area contributed by atoms with Crippen LogP contribution in [-0.4, -0.2) is 11.9 Å². The number of benzene rings is 1. The van der Waals surface area contributed by atoms with Gasteiger partial charge in [-0.1, -0.05) is 74.4 Å². The summed E-state index contributed by atoms with van der Waals surface area (Å²) in [4.78, 5) is 14.3. The van der Waals surface area contributed by atoms with Crippen LogP contribution in [0.4, 0.5) is 5.69 Å². The first-order valence-electron chi connectivity index (χ1n) is 10.2. The highest BCUT2D eigenvalue weighted by Gasteiger charge is 2.32. The van der Waals surface area contributed by atoms with Crippen molar-refractivity contribution in [3.63, 3.8) is 0 Å². The van der Waals surface area contributed by atoms with Crippen molar-refractivity contribution in [3.8, 4) is 0 Å². The summed E-state index contributed by atoms with van der Waals surface area (Å²) < 4.78 is 0. The van der Waals surface area contributed by atoms with Crippen molar-refractivity contribution < 1.29 is 4.79 Å². The van der Waals surface area contributed by atoms with Gasteiger partial charge in [-0.15, -0.1) is 0 Å². The number of hydrogen-bond acceptors (Lipinski definition) is 2. The number of nitrogens with zero attached hydrogens (tertiary/aromatic N) is 1. The van der Waals surface area contributed by atoms with Crippen LogP contribution in [0.1, 0.15) is 44.4 Å². The average molecular weight is 401 g/mol. The van der Waals surface area contributed by atoms with E-state index in [4.69, 9.17) is 0 Å². The van der Waals surface area contributed by atoms with Crippen molar-refractivity contribution in [1.29, 1.82) is 0 Å². The van der Waals surface area contributed by atoms with Crippen LogP contribution < -0.4 is 10.2 Å². The first-order valence-corrected chi connectivity index (χ1v) is 10.2. The molecule has 156 valence electrons. The molecule has 1 N–H and O–H groups in total. The molecule has 0 aromatic heterocycles. The van der Waals surface area contributed by atoms with Gasteiger partial charge in [-0.25, -0.2) is 0 Å². The Hall–Kier alpha value is -3.33. The fourth-order valence-electron chi connectivity index (χ4n) is 3.81. The monoisotopic (exact) mass is 400 g/mol. The van der Waals surface area contributed by atoms with Crippen LogP contribution in [0.3, 0.4) is 0 Å². The average Bonchev–Trinajstić information content (AvgIpc) is 2.73. The summed E-state index contributed by atoms with van der Waals surface area (Å²) in [6.45, 7) is 17.1. The van der Waals surface area contributed by atoms with Crippen LogP contribution in [0.5, 0.6) is 0 Å². The SMILES string of the molecule is C=C/C=C\C(=C/C)NC1CC(C)N(C(C)=O)c2ccc(C(/C=C\C=C)=C/C=C)cc21. The minimum Gasteiger partial charge on any atom is -0.378 e. The fourth-order valence-corrected chi connectivity index (χ4v) is 3.81. The van der Waals surface area contributed by atoms with E-state index in [0.717, 1.165) is 34.5 Å². The summed E-state index contributed by atoms with van der Waals surface area (Å²) in [5.41, 5.74) is 5.19. The number of anilines is 1. The second-order valence-corrected chi connectivity index (χ2v) is 7.24. The molecule has 2 rings (SSSR count). The van der Waals surface area contributed by atoms with Crippen molar-refractivity contribution in [2.45, 2.75) is 39.3 Å². The summed E-state index contributed by atoms with van der Waals surface area (Å²) in [5, 5.41) is 3.64. The number of amides is 1. The number of carbonyl (C=O) groups excluding carboxylic acids is 1. The first kappa shape index (κ1) is 23.0. The molecule has 2 atom stereocenters. The van der Waals surface area contributed by atoms with Gasteiger partial charge in [0.25, 0.3) is 0 Å². The maximum Gasteiger partial charge on any atom is 0.224 e. The third kappa shape index (κ3) is 5.38. The number of carbonyl (C=O) groups is 1. The largest absolute Gasteiger partial charge is 0.378 e. The van der Waals surface area contributed by atoms with Gasteiger partial charge in [-0.3, -0.25) is 4.79 Å². The predicted molar refractivity (Wildman–Crippen MR) is 130 cm³/mol. The van der Waals surface area contributed by atoms with Crippen molar-refractivity contribution in [3.05, 3.63) is 109 Å². The third-order valence-corrected chi connectivity index (χ3v) is 5.13. The van der Waals surface area contributed by atoms with Crippen molar-refractivity contribution in [2.24, 2.45) is 0 Å². The van der Waals surface area contributed by atoms with E-state index < -0.39 is 0 Å². The van der Waals surface area contributed by atoms with E-state index in [9.17, 15) is 4.79 Å². The first-order chi connectivity index (χ1) is 14.5. The van der Waals surface area contributed by atoms with Crippen LogP contribution in [0.25, 0.3) is 5.57 Å². The molecule has 0 aliphatic carbocycles. The molecule has 0 radical (unpaired) electrons. The molecule has 1 aliphatic heterocycles. The number of rotatable bonds is 8. The Labute approximate surface area is 181 Å². The highest BCUT2D eigenvalue weighted by atomic mass is 16.2. The Kier molecular flexibility index (Phi) is 8.42. The lowest BCUT2D eigenvalue weighted by atomic mass is 9.88. The second kappa shape index (κ2) is 11.0. The molecular weight excluding hydrogens is 368 g/mol. The Morgan fingerprint density at radius 1 is 1.13 bits per heavy atom. The Morgan fingerprint density at radius 2 is 1.83 bits per heavy atom. The number of hydrogen-bond donors (Lipinski definition) is 1. The molecule has 0 spiro atoms. The van der Waals surface area contributed by atoms with Crippen LogP contribution in [0, 0.1) is 0 Å². The van der Waals surface area contributed by atoms with Crippen molar-refractivity contribution >= 4 is 17.2 Å². The van der Waals surface area contributed by atoms with Gasteiger partial charge in [-0.2, -0.15) is 0 Å². The minimum atomic E-state index is 0.0566. The molecule has 0 saturated heterocycles. The lowest BCUT2D eigenvalue weighted by molar-refractivity contribution is -0.117. The zero-order valence-corrected chi connectivity index (χ0v) is 18.3. The lowest BCUT2D eigenvalue weighted by Gasteiger charge is -2.40. The van der Waals surface area contributed by atoms with E-state index in [0.29, 0.717) is 0 Å². The maximum atomic E-state index is 12.4. The molecule has 1 heterocycles. The molecule has 30 heavy (non-hydrogen) atoms. The fraction of sp³-hybridized carbons (Fsp3) is 0.222. The van der Waals surface area contributed by atoms with E-state index in [1.807, 2.05) is 54.3 Å². The summed E-state index contributed by atoms with van der Waals surface area (Å²) in [7, 11) is 0. The Bertz CT molecular complexity index is 930. The van der Waals surface area contributed by atoms with Crippen LogP contribution in [0.15, 0.2) is 98.3 Å². The van der Waals surface area contributed by atoms with Crippen molar-refractivity contribution in [1.82, 2.24) is 5.32 Å². The van der Waals surface area contributed by atoms with Gasteiger partial charge >= 0.3 is 0 Å². The smallest absolute Gasteiger partial charge is 0.224 e. The molecule has 0 bridgehead atoms. The van der Waals surface area contributed by atoms with Crippen LogP contribution in [0.2, 0.25) is 0 Å². The quantitative estimate of drug-likeness (QED) is 0.511. The van der Waals surface area contributed by atoms with E-state index >= 15 is 0 Å². The van der Waals surface area contributed by atoms with E-state index in [1.165, 1.54) is 0 Å². The van der Waals surface area contributed by atoms with Crippen molar-refractivity contribution in [2.75, 3.05) is 4.90 Å². The van der Waals surface area contributed by atoms with Gasteiger partial charge in [0.05, 0.1) is 6.04 Å². The highest BCUT2D eigenvalue weighted by molar-refractivity contribution is 5.94. The molecule has 1 aliphatic rings. The normalized spacial score (nSPS) is 19.6. The predicted octanol–water partition coefficient (Wildman–Crippen LogP) is 6.42. The number of allylic oxidation sites excluding steroid dienone is 10. The number of fused-ring (bicyclic) bond motifs is 1. The summed E-state index contributed by atoms with van der Waals surface area (Å²) >= 11 is 0. The molecule has 0 fully saturated rings. The van der Waals surface area contributed by atoms with Crippen LogP contribution in [-0.2, 0) is 4.79 Å². The lowest BCUT2D eigenvalue weighted by Crippen LogP contribution is -2.44. The van der Waals surface area contributed by atoms with Gasteiger partial charge in [0.1, 0.15) is 0 Å². The molecule has 3 nitrogen and oxygen atoms in total. The highest BCUT2D eigenvalue weighted by Crippen LogP contribution is 2.39. The van der Waals surface area contributed by atoms with Crippen LogP contribution >= 0.6 is 0 Å². The van der Waals surface area contributed by atoms with E-state index in [2.05, 4.69) is 44.1 Å². The third-order valence-electron chi connectivity index (χ3n) is 5.13. The maximum absolute atomic E-state index is 12.4. The zero-order valence-electron chi connectivity index (χ0n) is 18.3. The summed E-state index contributed by atoms with van der Waals surface area (Å²) in [5.74, 6) is 0.0566. The van der Waals surface area contributed by atoms with E-state index in [-0.39, 0.29) is 18.0 Å².